The summed E-state index contributed by atoms with van der Waals surface area (Å²) in [4.78, 5) is 0. The Bertz CT molecular complexity index is 148. The van der Waals surface area contributed by atoms with Crippen molar-refractivity contribution in [2.45, 2.75) is 32.7 Å². The van der Waals surface area contributed by atoms with Crippen LogP contribution < -0.4 is 5.32 Å². The van der Waals surface area contributed by atoms with Crippen molar-refractivity contribution >= 4 is 0 Å². The second kappa shape index (κ2) is 6.17. The van der Waals surface area contributed by atoms with E-state index >= 15 is 0 Å². The molecule has 1 fully saturated rings. The maximum absolute atomic E-state index is 5.29. The second-order valence-corrected chi connectivity index (χ2v) is 3.95. The van der Waals surface area contributed by atoms with Crippen molar-refractivity contribution < 1.29 is 4.74 Å². The molecule has 1 rings (SSSR count). The fourth-order valence-corrected chi connectivity index (χ4v) is 1.45. The minimum Gasteiger partial charge on any atom is -0.381 e. The number of hydrogen-bond donors (Lipinski definition) is 1. The molecular weight excluding hydrogens is 162 g/mol. The zero-order chi connectivity index (χ0) is 9.52. The van der Waals surface area contributed by atoms with Crippen LogP contribution in [0.5, 0.6) is 0 Å². The number of rotatable bonds is 5. The minimum atomic E-state index is 0.600. The van der Waals surface area contributed by atoms with Gasteiger partial charge in [0.2, 0.25) is 0 Å². The molecule has 0 aliphatic carbocycles. The summed E-state index contributed by atoms with van der Waals surface area (Å²) in [6, 6.07) is 0.600. The van der Waals surface area contributed by atoms with Gasteiger partial charge in [0.1, 0.15) is 0 Å². The summed E-state index contributed by atoms with van der Waals surface area (Å²) in [5.41, 5.74) is 0. The van der Waals surface area contributed by atoms with Gasteiger partial charge >= 0.3 is 0 Å². The SMILES string of the molecule is CC(C)NCCC=CC1CCOC1. The summed E-state index contributed by atoms with van der Waals surface area (Å²) >= 11 is 0. The summed E-state index contributed by atoms with van der Waals surface area (Å²) in [5, 5.41) is 3.39. The van der Waals surface area contributed by atoms with E-state index in [1.165, 1.54) is 6.42 Å². The second-order valence-electron chi connectivity index (χ2n) is 3.95. The van der Waals surface area contributed by atoms with Gasteiger partial charge < -0.3 is 10.1 Å². The van der Waals surface area contributed by atoms with Crippen LogP contribution >= 0.6 is 0 Å². The van der Waals surface area contributed by atoms with Gasteiger partial charge in [-0.2, -0.15) is 0 Å². The van der Waals surface area contributed by atoms with Crippen molar-refractivity contribution in [3.63, 3.8) is 0 Å². The maximum atomic E-state index is 5.29. The lowest BCUT2D eigenvalue weighted by Crippen LogP contribution is -2.23. The third kappa shape index (κ3) is 5.06. The predicted octanol–water partition coefficient (Wildman–Crippen LogP) is 1.97. The van der Waals surface area contributed by atoms with Crippen molar-refractivity contribution in [3.05, 3.63) is 12.2 Å². The first-order valence-electron chi connectivity index (χ1n) is 5.27. The van der Waals surface area contributed by atoms with Crippen LogP contribution in [-0.2, 0) is 4.74 Å². The summed E-state index contributed by atoms with van der Waals surface area (Å²) in [7, 11) is 0. The van der Waals surface area contributed by atoms with Crippen LogP contribution in [-0.4, -0.2) is 25.8 Å². The van der Waals surface area contributed by atoms with Gasteiger partial charge in [0, 0.05) is 18.6 Å². The molecule has 1 saturated heterocycles. The van der Waals surface area contributed by atoms with Gasteiger partial charge in [0.15, 0.2) is 0 Å². The highest BCUT2D eigenvalue weighted by Gasteiger charge is 2.10. The molecule has 0 aromatic heterocycles. The van der Waals surface area contributed by atoms with Crippen molar-refractivity contribution in [3.8, 4) is 0 Å². The summed E-state index contributed by atoms with van der Waals surface area (Å²) < 4.78 is 5.29. The Hall–Kier alpha value is -0.340. The topological polar surface area (TPSA) is 21.3 Å². The Morgan fingerprint density at radius 1 is 1.54 bits per heavy atom. The highest BCUT2D eigenvalue weighted by atomic mass is 16.5. The molecule has 0 aromatic carbocycles. The monoisotopic (exact) mass is 183 g/mol. The van der Waals surface area contributed by atoms with Crippen LogP contribution in [0.25, 0.3) is 0 Å². The van der Waals surface area contributed by atoms with Gasteiger partial charge in [-0.05, 0) is 19.4 Å². The smallest absolute Gasteiger partial charge is 0.0529 e. The Kier molecular flexibility index (Phi) is 5.09. The quantitative estimate of drug-likeness (QED) is 0.520. The minimum absolute atomic E-state index is 0.600. The van der Waals surface area contributed by atoms with Crippen LogP contribution in [0.2, 0.25) is 0 Å². The van der Waals surface area contributed by atoms with Gasteiger partial charge in [-0.25, -0.2) is 0 Å². The van der Waals surface area contributed by atoms with E-state index in [1.807, 2.05) is 0 Å². The first kappa shape index (κ1) is 10.7. The summed E-state index contributed by atoms with van der Waals surface area (Å²) in [6.07, 6.45) is 6.91. The Labute approximate surface area is 81.4 Å². The van der Waals surface area contributed by atoms with Crippen molar-refractivity contribution in [2.24, 2.45) is 5.92 Å². The van der Waals surface area contributed by atoms with Gasteiger partial charge in [-0.1, -0.05) is 26.0 Å². The average molecular weight is 183 g/mol. The zero-order valence-corrected chi connectivity index (χ0v) is 8.75. The van der Waals surface area contributed by atoms with Crippen molar-refractivity contribution in [1.29, 1.82) is 0 Å². The largest absolute Gasteiger partial charge is 0.381 e. The summed E-state index contributed by atoms with van der Waals surface area (Å²) in [6.45, 7) is 7.30. The van der Waals surface area contributed by atoms with E-state index in [4.69, 9.17) is 4.74 Å². The molecule has 0 bridgehead atoms. The zero-order valence-electron chi connectivity index (χ0n) is 8.75. The number of nitrogens with one attached hydrogen (secondary N) is 1. The van der Waals surface area contributed by atoms with E-state index in [9.17, 15) is 0 Å². The molecule has 76 valence electrons. The Morgan fingerprint density at radius 3 is 3.00 bits per heavy atom. The molecule has 0 amide bonds. The molecule has 0 radical (unpaired) electrons. The molecule has 13 heavy (non-hydrogen) atoms. The third-order valence-electron chi connectivity index (χ3n) is 2.24. The first-order chi connectivity index (χ1) is 6.29. The molecule has 1 heterocycles. The molecule has 1 N–H and O–H groups in total. The Balaban J connectivity index is 1.97. The standard InChI is InChI=1S/C11H21NO/c1-10(2)12-7-4-3-5-11-6-8-13-9-11/h3,5,10-12H,4,6-9H2,1-2H3. The highest BCUT2D eigenvalue weighted by Crippen LogP contribution is 2.13. The van der Waals surface area contributed by atoms with E-state index in [2.05, 4.69) is 31.3 Å². The molecule has 0 aromatic rings. The van der Waals surface area contributed by atoms with Crippen molar-refractivity contribution in [2.75, 3.05) is 19.8 Å². The van der Waals surface area contributed by atoms with Gasteiger partial charge in [-0.3, -0.25) is 0 Å². The van der Waals surface area contributed by atoms with Crippen LogP contribution in [0, 0.1) is 5.92 Å². The van der Waals surface area contributed by atoms with Crippen LogP contribution in [0.3, 0.4) is 0 Å². The molecule has 1 aliphatic rings. The molecule has 1 aliphatic heterocycles. The fourth-order valence-electron chi connectivity index (χ4n) is 1.45. The Morgan fingerprint density at radius 2 is 2.38 bits per heavy atom. The van der Waals surface area contributed by atoms with Crippen molar-refractivity contribution in [1.82, 2.24) is 5.32 Å². The normalized spacial score (nSPS) is 23.5. The molecule has 0 spiro atoms. The average Bonchev–Trinajstić information content (AvgIpc) is 2.55. The lowest BCUT2D eigenvalue weighted by atomic mass is 10.1. The maximum Gasteiger partial charge on any atom is 0.0529 e. The fraction of sp³-hybridized carbons (Fsp3) is 0.818. The molecule has 1 unspecified atom stereocenters. The first-order valence-corrected chi connectivity index (χ1v) is 5.27. The van der Waals surface area contributed by atoms with E-state index in [0.29, 0.717) is 12.0 Å². The summed E-state index contributed by atoms with van der Waals surface area (Å²) in [5.74, 6) is 0.680. The molecular formula is C11H21NO. The molecule has 1 atom stereocenters. The van der Waals surface area contributed by atoms with Crippen LogP contribution in [0.4, 0.5) is 0 Å². The van der Waals surface area contributed by atoms with Gasteiger partial charge in [0.25, 0.3) is 0 Å². The van der Waals surface area contributed by atoms with E-state index in [-0.39, 0.29) is 0 Å². The third-order valence-corrected chi connectivity index (χ3v) is 2.24. The molecule has 2 heteroatoms. The number of hydrogen-bond acceptors (Lipinski definition) is 2. The van der Waals surface area contributed by atoms with E-state index in [0.717, 1.165) is 26.2 Å². The number of ether oxygens (including phenoxy) is 1. The van der Waals surface area contributed by atoms with Gasteiger partial charge in [-0.15, -0.1) is 0 Å². The predicted molar refractivity (Wildman–Crippen MR) is 55.8 cm³/mol. The van der Waals surface area contributed by atoms with E-state index < -0.39 is 0 Å². The van der Waals surface area contributed by atoms with Gasteiger partial charge in [0.05, 0.1) is 6.61 Å². The van der Waals surface area contributed by atoms with Crippen LogP contribution in [0.1, 0.15) is 26.7 Å². The molecule has 2 nitrogen and oxygen atoms in total. The van der Waals surface area contributed by atoms with Crippen LogP contribution in [0.15, 0.2) is 12.2 Å². The highest BCUT2D eigenvalue weighted by molar-refractivity contribution is 4.90. The van der Waals surface area contributed by atoms with E-state index in [1.54, 1.807) is 0 Å². The lowest BCUT2D eigenvalue weighted by Gasteiger charge is -2.05. The lowest BCUT2D eigenvalue weighted by molar-refractivity contribution is 0.191. The molecule has 0 saturated carbocycles.